The van der Waals surface area contributed by atoms with E-state index in [1.54, 1.807) is 11.3 Å². The van der Waals surface area contributed by atoms with Crippen LogP contribution in [0.3, 0.4) is 0 Å². The summed E-state index contributed by atoms with van der Waals surface area (Å²) >= 11 is 1.66. The third-order valence-electron chi connectivity index (χ3n) is 4.17. The van der Waals surface area contributed by atoms with Gasteiger partial charge in [-0.2, -0.15) is 11.3 Å². The maximum absolute atomic E-state index is 11.4. The van der Waals surface area contributed by atoms with Crippen LogP contribution in [0.4, 0.5) is 11.4 Å². The monoisotopic (exact) mass is 382 g/mol. The van der Waals surface area contributed by atoms with Gasteiger partial charge in [0.2, 0.25) is 10.0 Å². The fourth-order valence-corrected chi connectivity index (χ4v) is 4.08. The number of primary sulfonamides is 1. The van der Waals surface area contributed by atoms with Crippen LogP contribution in [-0.2, 0) is 16.6 Å². The van der Waals surface area contributed by atoms with Crippen LogP contribution >= 0.6 is 11.3 Å². The average Bonchev–Trinajstić information content (AvgIpc) is 3.07. The standard InChI is InChI=1S/C15H18N4O4S2/c16-25(22,23)13-1-2-14(15(9-13)19(20)21)18-6-4-17(5-7-18)10-12-3-8-24-11-12/h1-3,8-9,11H,4-7,10H2,(H2,16,22,23). The molecule has 1 aromatic heterocycles. The van der Waals surface area contributed by atoms with Crippen LogP contribution in [-0.4, -0.2) is 44.4 Å². The van der Waals surface area contributed by atoms with E-state index in [9.17, 15) is 18.5 Å². The lowest BCUT2D eigenvalue weighted by atomic mass is 10.2. The summed E-state index contributed by atoms with van der Waals surface area (Å²) in [6.45, 7) is 3.71. The highest BCUT2D eigenvalue weighted by molar-refractivity contribution is 7.89. The number of nitrogens with two attached hydrogens (primary N) is 1. The number of hydrogen-bond donors (Lipinski definition) is 1. The molecule has 0 saturated carbocycles. The van der Waals surface area contributed by atoms with Crippen molar-refractivity contribution in [3.05, 3.63) is 50.7 Å². The minimum atomic E-state index is -3.97. The Bertz CT molecular complexity index is 860. The largest absolute Gasteiger partial charge is 0.363 e. The second-order valence-corrected chi connectivity index (χ2v) is 8.19. The van der Waals surface area contributed by atoms with Crippen molar-refractivity contribution in [1.82, 2.24) is 4.90 Å². The highest BCUT2D eigenvalue weighted by Crippen LogP contribution is 2.31. The summed E-state index contributed by atoms with van der Waals surface area (Å²) in [7, 11) is -3.97. The molecule has 1 aliphatic rings. The zero-order chi connectivity index (χ0) is 18.0. The van der Waals surface area contributed by atoms with Crippen molar-refractivity contribution in [3.8, 4) is 0 Å². The summed E-state index contributed by atoms with van der Waals surface area (Å²) in [4.78, 5) is 14.7. The fraction of sp³-hybridized carbons (Fsp3) is 0.333. The van der Waals surface area contributed by atoms with Gasteiger partial charge in [0.25, 0.3) is 5.69 Å². The van der Waals surface area contributed by atoms with E-state index >= 15 is 0 Å². The first-order valence-corrected chi connectivity index (χ1v) is 10.1. The van der Waals surface area contributed by atoms with Gasteiger partial charge >= 0.3 is 0 Å². The Hall–Kier alpha value is -2.01. The van der Waals surface area contributed by atoms with Crippen LogP contribution in [0.25, 0.3) is 0 Å². The molecule has 1 fully saturated rings. The summed E-state index contributed by atoms with van der Waals surface area (Å²) in [6.07, 6.45) is 0. The summed E-state index contributed by atoms with van der Waals surface area (Å²) in [6, 6.07) is 5.90. The predicted molar refractivity (Wildman–Crippen MR) is 96.3 cm³/mol. The molecule has 0 unspecified atom stereocenters. The minimum absolute atomic E-state index is 0.238. The van der Waals surface area contributed by atoms with Crippen molar-refractivity contribution in [2.75, 3.05) is 31.1 Å². The van der Waals surface area contributed by atoms with Crippen LogP contribution in [0.2, 0.25) is 0 Å². The number of nitrogens with zero attached hydrogens (tertiary/aromatic N) is 3. The molecule has 2 heterocycles. The third-order valence-corrected chi connectivity index (χ3v) is 5.81. The Morgan fingerprint density at radius 3 is 2.48 bits per heavy atom. The number of piperazine rings is 1. The molecule has 0 radical (unpaired) electrons. The zero-order valence-electron chi connectivity index (χ0n) is 13.4. The molecule has 2 N–H and O–H groups in total. The number of nitro benzene ring substituents is 1. The van der Waals surface area contributed by atoms with Crippen LogP contribution in [0.5, 0.6) is 0 Å². The first-order valence-electron chi connectivity index (χ1n) is 7.64. The zero-order valence-corrected chi connectivity index (χ0v) is 15.0. The normalized spacial score (nSPS) is 16.1. The number of nitro groups is 1. The van der Waals surface area contributed by atoms with Crippen LogP contribution in [0, 0.1) is 10.1 Å². The van der Waals surface area contributed by atoms with E-state index < -0.39 is 14.9 Å². The van der Waals surface area contributed by atoms with Crippen molar-refractivity contribution in [3.63, 3.8) is 0 Å². The van der Waals surface area contributed by atoms with Gasteiger partial charge in [0.05, 0.1) is 9.82 Å². The number of anilines is 1. The SMILES string of the molecule is NS(=O)(=O)c1ccc(N2CCN(Cc3ccsc3)CC2)c([N+](=O)[O-])c1. The lowest BCUT2D eigenvalue weighted by molar-refractivity contribution is -0.384. The molecule has 25 heavy (non-hydrogen) atoms. The van der Waals surface area contributed by atoms with Gasteiger partial charge in [0, 0.05) is 38.8 Å². The molecule has 3 rings (SSSR count). The molecular formula is C15H18N4O4S2. The van der Waals surface area contributed by atoms with Crippen LogP contribution < -0.4 is 10.0 Å². The molecular weight excluding hydrogens is 364 g/mol. The van der Waals surface area contributed by atoms with Crippen molar-refractivity contribution >= 4 is 32.7 Å². The van der Waals surface area contributed by atoms with E-state index in [0.29, 0.717) is 18.8 Å². The van der Waals surface area contributed by atoms with Gasteiger partial charge in [-0.05, 0) is 34.5 Å². The average molecular weight is 382 g/mol. The molecule has 0 bridgehead atoms. The Morgan fingerprint density at radius 2 is 1.92 bits per heavy atom. The first-order chi connectivity index (χ1) is 11.8. The molecule has 10 heteroatoms. The smallest absolute Gasteiger partial charge is 0.293 e. The lowest BCUT2D eigenvalue weighted by Crippen LogP contribution is -2.46. The molecule has 8 nitrogen and oxygen atoms in total. The van der Waals surface area contributed by atoms with E-state index in [2.05, 4.69) is 16.3 Å². The fourth-order valence-electron chi connectivity index (χ4n) is 2.88. The molecule has 0 spiro atoms. The van der Waals surface area contributed by atoms with Crippen molar-refractivity contribution in [2.45, 2.75) is 11.4 Å². The van der Waals surface area contributed by atoms with Gasteiger partial charge in [0.15, 0.2) is 0 Å². The Balaban J connectivity index is 1.75. The van der Waals surface area contributed by atoms with Gasteiger partial charge in [0.1, 0.15) is 5.69 Å². The second kappa shape index (κ2) is 7.08. The van der Waals surface area contributed by atoms with Gasteiger partial charge in [-0.3, -0.25) is 15.0 Å². The summed E-state index contributed by atoms with van der Waals surface area (Å²) < 4.78 is 22.9. The van der Waals surface area contributed by atoms with Crippen molar-refractivity contribution in [2.24, 2.45) is 5.14 Å². The Morgan fingerprint density at radius 1 is 1.20 bits per heavy atom. The quantitative estimate of drug-likeness (QED) is 0.622. The summed E-state index contributed by atoms with van der Waals surface area (Å²) in [5.41, 5.74) is 1.45. The van der Waals surface area contributed by atoms with E-state index in [0.717, 1.165) is 25.7 Å². The highest BCUT2D eigenvalue weighted by Gasteiger charge is 2.25. The first kappa shape index (κ1) is 17.8. The van der Waals surface area contributed by atoms with Crippen LogP contribution in [0.1, 0.15) is 5.56 Å². The molecule has 0 atom stereocenters. The number of thiophene rings is 1. The summed E-state index contributed by atoms with van der Waals surface area (Å²) in [5.74, 6) is 0. The molecule has 2 aromatic rings. The molecule has 0 aliphatic carbocycles. The topological polar surface area (TPSA) is 110 Å². The predicted octanol–water partition coefficient (Wildman–Crippen LogP) is 1.63. The number of sulfonamides is 1. The second-order valence-electron chi connectivity index (χ2n) is 5.85. The van der Waals surface area contributed by atoms with E-state index in [4.69, 9.17) is 5.14 Å². The van der Waals surface area contributed by atoms with Crippen molar-refractivity contribution in [1.29, 1.82) is 0 Å². The van der Waals surface area contributed by atoms with Gasteiger partial charge in [-0.15, -0.1) is 0 Å². The van der Waals surface area contributed by atoms with E-state index in [1.165, 1.54) is 17.7 Å². The Labute approximate surface area is 149 Å². The van der Waals surface area contributed by atoms with Crippen LogP contribution in [0.15, 0.2) is 39.9 Å². The molecule has 1 aliphatic heterocycles. The van der Waals surface area contributed by atoms with Gasteiger partial charge in [-0.25, -0.2) is 13.6 Å². The maximum atomic E-state index is 11.4. The highest BCUT2D eigenvalue weighted by atomic mass is 32.2. The molecule has 1 aromatic carbocycles. The number of rotatable bonds is 5. The lowest BCUT2D eigenvalue weighted by Gasteiger charge is -2.35. The van der Waals surface area contributed by atoms with Crippen molar-refractivity contribution < 1.29 is 13.3 Å². The third kappa shape index (κ3) is 4.15. The maximum Gasteiger partial charge on any atom is 0.293 e. The van der Waals surface area contributed by atoms with E-state index in [1.807, 2.05) is 10.3 Å². The van der Waals surface area contributed by atoms with Gasteiger partial charge < -0.3 is 4.90 Å². The Kier molecular flexibility index (Phi) is 5.04. The molecule has 1 saturated heterocycles. The number of hydrogen-bond acceptors (Lipinski definition) is 7. The number of benzene rings is 1. The molecule has 0 amide bonds. The van der Waals surface area contributed by atoms with E-state index in [-0.39, 0.29) is 10.6 Å². The summed E-state index contributed by atoms with van der Waals surface area (Å²) in [5, 5.41) is 20.6. The van der Waals surface area contributed by atoms with Gasteiger partial charge in [-0.1, -0.05) is 0 Å². The minimum Gasteiger partial charge on any atom is -0.363 e. The molecule has 134 valence electrons.